The summed E-state index contributed by atoms with van der Waals surface area (Å²) in [4.78, 5) is 30.1. The molecule has 1 aromatic heterocycles. The average Bonchev–Trinajstić information content (AvgIpc) is 3.40. The summed E-state index contributed by atoms with van der Waals surface area (Å²) in [5.74, 6) is -1.54. The third-order valence-corrected chi connectivity index (χ3v) is 6.44. The Balaban J connectivity index is 1.59. The Hall–Kier alpha value is -4.71. The molecule has 8 nitrogen and oxygen atoms in total. The molecule has 3 N–H and O–H groups in total. The molecule has 12 heteroatoms. The number of ether oxygens (including phenoxy) is 1. The van der Waals surface area contributed by atoms with Crippen molar-refractivity contribution in [2.45, 2.75) is 19.6 Å². The fourth-order valence-electron chi connectivity index (χ4n) is 4.24. The van der Waals surface area contributed by atoms with Gasteiger partial charge in [0.1, 0.15) is 23.0 Å². The van der Waals surface area contributed by atoms with Gasteiger partial charge in [0.15, 0.2) is 0 Å². The summed E-state index contributed by atoms with van der Waals surface area (Å²) in [7, 11) is 0. The molecular formula is C30H28F4N4O4. The van der Waals surface area contributed by atoms with E-state index in [0.29, 0.717) is 18.8 Å². The molecular weight excluding hydrogens is 556 g/mol. The second-order valence-electron chi connectivity index (χ2n) is 9.46. The van der Waals surface area contributed by atoms with Crippen LogP contribution in [0.2, 0.25) is 0 Å². The Bertz CT molecular complexity index is 1600. The fraction of sp³-hybridized carbons (Fsp3) is 0.233. The summed E-state index contributed by atoms with van der Waals surface area (Å²) in [6.45, 7) is 6.05. The second kappa shape index (κ2) is 12.9. The first-order valence-electron chi connectivity index (χ1n) is 12.8. The van der Waals surface area contributed by atoms with Crippen LogP contribution in [-0.2, 0) is 22.3 Å². The Morgan fingerprint density at radius 2 is 1.83 bits per heavy atom. The molecule has 1 fully saturated rings. The molecule has 0 spiro atoms. The van der Waals surface area contributed by atoms with Gasteiger partial charge in [-0.2, -0.15) is 13.2 Å². The first kappa shape index (κ1) is 30.3. The van der Waals surface area contributed by atoms with Gasteiger partial charge in [0.05, 0.1) is 30.9 Å². The highest BCUT2D eigenvalue weighted by Gasteiger charge is 2.35. The van der Waals surface area contributed by atoms with Crippen LogP contribution < -0.4 is 11.1 Å². The number of rotatable bonds is 8. The van der Waals surface area contributed by atoms with E-state index < -0.39 is 35.0 Å². The van der Waals surface area contributed by atoms with E-state index in [1.807, 2.05) is 0 Å². The monoisotopic (exact) mass is 584 g/mol. The number of hydrogen-bond acceptors (Lipinski definition) is 6. The van der Waals surface area contributed by atoms with E-state index in [2.05, 4.69) is 17.0 Å². The van der Waals surface area contributed by atoms with Crippen molar-refractivity contribution < 1.29 is 36.3 Å². The number of fused-ring (bicyclic) bond motifs is 1. The number of amides is 2. The van der Waals surface area contributed by atoms with Crippen molar-refractivity contribution >= 4 is 29.5 Å². The zero-order valence-electron chi connectivity index (χ0n) is 22.6. The molecule has 1 aliphatic rings. The molecule has 2 heterocycles. The van der Waals surface area contributed by atoms with Crippen molar-refractivity contribution in [2.75, 3.05) is 26.3 Å². The zero-order valence-corrected chi connectivity index (χ0v) is 22.6. The maximum atomic E-state index is 14.6. The molecule has 1 saturated heterocycles. The van der Waals surface area contributed by atoms with Gasteiger partial charge in [0.25, 0.3) is 5.91 Å². The summed E-state index contributed by atoms with van der Waals surface area (Å²) in [6, 6.07) is 7.36. The van der Waals surface area contributed by atoms with Gasteiger partial charge in [-0.15, -0.1) is 0 Å². The van der Waals surface area contributed by atoms with Crippen molar-refractivity contribution in [3.63, 3.8) is 0 Å². The number of halogens is 4. The van der Waals surface area contributed by atoms with E-state index in [0.717, 1.165) is 12.1 Å². The topological polar surface area (TPSA) is 110 Å². The van der Waals surface area contributed by atoms with Gasteiger partial charge in [-0.05, 0) is 61.2 Å². The average molecular weight is 585 g/mol. The zero-order chi connectivity index (χ0) is 30.4. The number of furan rings is 1. The van der Waals surface area contributed by atoms with Crippen molar-refractivity contribution in [2.24, 2.45) is 10.7 Å². The van der Waals surface area contributed by atoms with Gasteiger partial charge in [0, 0.05) is 24.6 Å². The Labute approximate surface area is 238 Å². The second-order valence-corrected chi connectivity index (χ2v) is 9.46. The molecule has 0 unspecified atom stereocenters. The standard InChI is InChI=1S/C30H28F4N4O4/c1-18(3-7-26(35)36-2)4-8-27(39)37-17-22-14-21-13-20(16-24(28(21)42-22)30(32,33)34)19-5-6-25(31)23(15-19)29(40)38-9-11-41-12-10-38/h3-8,13-16H,2,9-12,17,35H2,1H3,(H,37,39)/b8-4+,18-3+,26-7-. The smallest absolute Gasteiger partial charge is 0.420 e. The Kier molecular flexibility index (Phi) is 9.26. The minimum absolute atomic E-state index is 0.0942. The lowest BCUT2D eigenvalue weighted by Gasteiger charge is -2.27. The van der Waals surface area contributed by atoms with Crippen LogP contribution in [0.25, 0.3) is 22.1 Å². The first-order chi connectivity index (χ1) is 20.0. The molecule has 2 amide bonds. The molecule has 3 aromatic rings. The summed E-state index contributed by atoms with van der Waals surface area (Å²) < 4.78 is 67.5. The van der Waals surface area contributed by atoms with Crippen LogP contribution in [0.3, 0.4) is 0 Å². The summed E-state index contributed by atoms with van der Waals surface area (Å²) >= 11 is 0. The van der Waals surface area contributed by atoms with E-state index >= 15 is 0 Å². The quantitative estimate of drug-likeness (QED) is 0.161. The van der Waals surface area contributed by atoms with Crippen LogP contribution in [0, 0.1) is 5.82 Å². The van der Waals surface area contributed by atoms with E-state index in [-0.39, 0.29) is 53.3 Å². The first-order valence-corrected chi connectivity index (χ1v) is 12.8. The summed E-state index contributed by atoms with van der Waals surface area (Å²) in [6.07, 6.45) is 1.15. The van der Waals surface area contributed by atoms with E-state index in [9.17, 15) is 27.2 Å². The number of carbonyl (C=O) groups is 2. The van der Waals surface area contributed by atoms with Crippen LogP contribution in [0.4, 0.5) is 17.6 Å². The Morgan fingerprint density at radius 1 is 1.10 bits per heavy atom. The van der Waals surface area contributed by atoms with Crippen molar-refractivity contribution in [3.8, 4) is 11.1 Å². The van der Waals surface area contributed by atoms with Gasteiger partial charge in [-0.3, -0.25) is 9.59 Å². The molecule has 0 aliphatic carbocycles. The Morgan fingerprint density at radius 3 is 2.52 bits per heavy atom. The minimum Gasteiger partial charge on any atom is -0.459 e. The lowest BCUT2D eigenvalue weighted by Crippen LogP contribution is -2.41. The van der Waals surface area contributed by atoms with E-state index in [1.165, 1.54) is 47.4 Å². The molecule has 220 valence electrons. The third kappa shape index (κ3) is 7.32. The molecule has 0 atom stereocenters. The maximum Gasteiger partial charge on any atom is 0.420 e. The van der Waals surface area contributed by atoms with Crippen molar-refractivity contribution in [1.29, 1.82) is 0 Å². The summed E-state index contributed by atoms with van der Waals surface area (Å²) in [5, 5.41) is 2.69. The number of morpholine rings is 1. The number of aliphatic imine (C=N–C) groups is 1. The van der Waals surface area contributed by atoms with Crippen molar-refractivity contribution in [3.05, 3.63) is 94.8 Å². The number of nitrogens with zero attached hydrogens (tertiary/aromatic N) is 2. The van der Waals surface area contributed by atoms with Crippen LogP contribution >= 0.6 is 0 Å². The van der Waals surface area contributed by atoms with E-state index in [1.54, 1.807) is 13.0 Å². The normalized spacial score (nSPS) is 14.9. The molecule has 4 rings (SSSR count). The SMILES string of the molecule is C=N\C(N)=C/C=C(C)/C=C/C(=O)NCc1cc2cc(-c3ccc(F)c(C(=O)N4CCOCC4)c3)cc(C(F)(F)F)c2o1. The lowest BCUT2D eigenvalue weighted by atomic mass is 9.98. The minimum atomic E-state index is -4.77. The van der Waals surface area contributed by atoms with Crippen LogP contribution in [0.15, 0.2) is 81.5 Å². The van der Waals surface area contributed by atoms with E-state index in [4.69, 9.17) is 14.9 Å². The number of allylic oxidation sites excluding steroid dienone is 4. The number of carbonyl (C=O) groups excluding carboxylic acids is 2. The highest BCUT2D eigenvalue weighted by molar-refractivity contribution is 5.96. The highest BCUT2D eigenvalue weighted by Crippen LogP contribution is 2.39. The number of hydrogen-bond donors (Lipinski definition) is 2. The largest absolute Gasteiger partial charge is 0.459 e. The predicted molar refractivity (Wildman–Crippen MR) is 150 cm³/mol. The molecule has 0 radical (unpaired) electrons. The van der Waals surface area contributed by atoms with Crippen LogP contribution in [0.5, 0.6) is 0 Å². The number of benzene rings is 2. The van der Waals surface area contributed by atoms with Gasteiger partial charge in [0.2, 0.25) is 5.91 Å². The summed E-state index contributed by atoms with van der Waals surface area (Å²) in [5.41, 5.74) is 4.87. The molecule has 0 saturated carbocycles. The number of alkyl halides is 3. The van der Waals surface area contributed by atoms with Gasteiger partial charge in [-0.1, -0.05) is 23.8 Å². The van der Waals surface area contributed by atoms with Crippen LogP contribution in [-0.4, -0.2) is 49.7 Å². The molecule has 42 heavy (non-hydrogen) atoms. The number of nitrogens with one attached hydrogen (secondary N) is 1. The maximum absolute atomic E-state index is 14.6. The van der Waals surface area contributed by atoms with Crippen molar-refractivity contribution in [1.82, 2.24) is 10.2 Å². The highest BCUT2D eigenvalue weighted by atomic mass is 19.4. The third-order valence-electron chi connectivity index (χ3n) is 6.44. The van der Waals surface area contributed by atoms with Gasteiger partial charge < -0.3 is 25.1 Å². The van der Waals surface area contributed by atoms with Gasteiger partial charge >= 0.3 is 6.18 Å². The molecule has 1 aliphatic heterocycles. The fourth-order valence-corrected chi connectivity index (χ4v) is 4.24. The van der Waals surface area contributed by atoms with Gasteiger partial charge in [-0.25, -0.2) is 9.38 Å². The molecule has 2 aromatic carbocycles. The molecule has 0 bridgehead atoms. The lowest BCUT2D eigenvalue weighted by molar-refractivity contribution is -0.136. The number of nitrogens with two attached hydrogens (primary N) is 1. The van der Waals surface area contributed by atoms with Crippen LogP contribution in [0.1, 0.15) is 28.6 Å². The predicted octanol–water partition coefficient (Wildman–Crippen LogP) is 5.35.